The van der Waals surface area contributed by atoms with Crippen molar-refractivity contribution in [2.45, 2.75) is 32.2 Å². The van der Waals surface area contributed by atoms with Gasteiger partial charge in [-0.15, -0.1) is 12.4 Å². The summed E-state index contributed by atoms with van der Waals surface area (Å²) in [6, 6.07) is 0.301. The van der Waals surface area contributed by atoms with Crippen LogP contribution in [0.15, 0.2) is 0 Å². The number of halogens is 1. The van der Waals surface area contributed by atoms with Crippen molar-refractivity contribution in [3.05, 3.63) is 0 Å². The van der Waals surface area contributed by atoms with Crippen LogP contribution < -0.4 is 5.32 Å². The average molecular weight is 263 g/mol. The highest BCUT2D eigenvalue weighted by atomic mass is 35.5. The highest BCUT2D eigenvalue weighted by molar-refractivity contribution is 5.85. The van der Waals surface area contributed by atoms with E-state index in [1.54, 1.807) is 0 Å². The Bertz CT molecular complexity index is 245. The van der Waals surface area contributed by atoms with Gasteiger partial charge in [0.25, 0.3) is 0 Å². The first-order valence-electron chi connectivity index (χ1n) is 6.39. The third kappa shape index (κ3) is 3.83. The van der Waals surface area contributed by atoms with E-state index in [0.717, 1.165) is 32.5 Å². The molecular formula is C12H23ClN2O2. The second kappa shape index (κ2) is 7.19. The lowest BCUT2D eigenvalue weighted by Crippen LogP contribution is -2.48. The molecule has 2 atom stereocenters. The highest BCUT2D eigenvalue weighted by Gasteiger charge is 2.28. The van der Waals surface area contributed by atoms with Gasteiger partial charge in [-0.05, 0) is 31.8 Å². The predicted octanol–water partition coefficient (Wildman–Crippen LogP) is 1.05. The normalized spacial score (nSPS) is 28.9. The van der Waals surface area contributed by atoms with Gasteiger partial charge in [0, 0.05) is 13.0 Å². The van der Waals surface area contributed by atoms with Gasteiger partial charge in [-0.25, -0.2) is 0 Å². The molecule has 0 aromatic carbocycles. The molecule has 2 unspecified atom stereocenters. The third-order valence-corrected chi connectivity index (χ3v) is 3.64. The SMILES string of the molecule is CCC1COCCN1C(=O)CC1CCNC1.Cl. The van der Waals surface area contributed by atoms with E-state index in [0.29, 0.717) is 37.5 Å². The van der Waals surface area contributed by atoms with Crippen molar-refractivity contribution in [1.82, 2.24) is 10.2 Å². The summed E-state index contributed by atoms with van der Waals surface area (Å²) in [5, 5.41) is 3.31. The molecule has 2 heterocycles. The van der Waals surface area contributed by atoms with Crippen LogP contribution in [-0.2, 0) is 9.53 Å². The number of morpholine rings is 1. The van der Waals surface area contributed by atoms with Gasteiger partial charge in [0.2, 0.25) is 5.91 Å². The Labute approximate surface area is 109 Å². The number of hydrogen-bond acceptors (Lipinski definition) is 3. The number of carbonyl (C=O) groups excluding carboxylic acids is 1. The zero-order chi connectivity index (χ0) is 11.4. The second-order valence-electron chi connectivity index (χ2n) is 4.79. The van der Waals surface area contributed by atoms with E-state index in [1.807, 2.05) is 4.90 Å². The lowest BCUT2D eigenvalue weighted by Gasteiger charge is -2.35. The van der Waals surface area contributed by atoms with Gasteiger partial charge in [-0.2, -0.15) is 0 Å². The molecule has 5 heteroatoms. The summed E-state index contributed by atoms with van der Waals surface area (Å²) in [4.78, 5) is 14.2. The van der Waals surface area contributed by atoms with Gasteiger partial charge < -0.3 is 15.0 Å². The fourth-order valence-electron chi connectivity index (χ4n) is 2.57. The topological polar surface area (TPSA) is 41.6 Å². The van der Waals surface area contributed by atoms with Crippen LogP contribution in [0.2, 0.25) is 0 Å². The molecule has 0 spiro atoms. The third-order valence-electron chi connectivity index (χ3n) is 3.64. The first kappa shape index (κ1) is 14.7. The Morgan fingerprint density at radius 1 is 1.53 bits per heavy atom. The molecule has 0 aromatic rings. The molecule has 2 rings (SSSR count). The number of ether oxygens (including phenoxy) is 1. The van der Waals surface area contributed by atoms with Crippen molar-refractivity contribution in [2.24, 2.45) is 5.92 Å². The van der Waals surface area contributed by atoms with E-state index < -0.39 is 0 Å². The molecule has 1 amide bonds. The fraction of sp³-hybridized carbons (Fsp3) is 0.917. The first-order chi connectivity index (χ1) is 7.81. The fourth-order valence-corrected chi connectivity index (χ4v) is 2.57. The van der Waals surface area contributed by atoms with Crippen LogP contribution in [0.25, 0.3) is 0 Å². The molecule has 0 saturated carbocycles. The highest BCUT2D eigenvalue weighted by Crippen LogP contribution is 2.17. The van der Waals surface area contributed by atoms with Crippen LogP contribution >= 0.6 is 12.4 Å². The Morgan fingerprint density at radius 2 is 2.35 bits per heavy atom. The zero-order valence-electron chi connectivity index (χ0n) is 10.5. The molecule has 0 aromatic heterocycles. The summed E-state index contributed by atoms with van der Waals surface area (Å²) in [7, 11) is 0. The van der Waals surface area contributed by atoms with Crippen LogP contribution in [-0.4, -0.2) is 49.7 Å². The molecule has 17 heavy (non-hydrogen) atoms. The summed E-state index contributed by atoms with van der Waals surface area (Å²) in [6.07, 6.45) is 2.85. The summed E-state index contributed by atoms with van der Waals surface area (Å²) in [5.41, 5.74) is 0. The number of amides is 1. The number of carbonyl (C=O) groups is 1. The van der Waals surface area contributed by atoms with Crippen LogP contribution in [0.1, 0.15) is 26.2 Å². The average Bonchev–Trinajstić information content (AvgIpc) is 2.81. The molecule has 2 saturated heterocycles. The van der Waals surface area contributed by atoms with Crippen molar-refractivity contribution in [2.75, 3.05) is 32.8 Å². The predicted molar refractivity (Wildman–Crippen MR) is 69.5 cm³/mol. The first-order valence-corrected chi connectivity index (χ1v) is 6.39. The molecule has 0 radical (unpaired) electrons. The summed E-state index contributed by atoms with van der Waals surface area (Å²) in [5.74, 6) is 0.872. The van der Waals surface area contributed by atoms with Gasteiger partial charge in [0.1, 0.15) is 0 Å². The van der Waals surface area contributed by atoms with E-state index in [2.05, 4.69) is 12.2 Å². The number of hydrogen-bond donors (Lipinski definition) is 1. The summed E-state index contributed by atoms with van der Waals surface area (Å²) >= 11 is 0. The minimum absolute atomic E-state index is 0. The van der Waals surface area contributed by atoms with E-state index >= 15 is 0 Å². The minimum Gasteiger partial charge on any atom is -0.377 e. The number of rotatable bonds is 3. The van der Waals surface area contributed by atoms with Crippen molar-refractivity contribution in [1.29, 1.82) is 0 Å². The lowest BCUT2D eigenvalue weighted by molar-refractivity contribution is -0.140. The van der Waals surface area contributed by atoms with Gasteiger partial charge in [-0.3, -0.25) is 4.79 Å². The van der Waals surface area contributed by atoms with Crippen molar-refractivity contribution in [3.63, 3.8) is 0 Å². The standard InChI is InChI=1S/C12H22N2O2.ClH/c1-2-11-9-16-6-5-14(11)12(15)7-10-3-4-13-8-10;/h10-11,13H,2-9H2,1H3;1H. The Hall–Kier alpha value is -0.320. The lowest BCUT2D eigenvalue weighted by atomic mass is 10.0. The second-order valence-corrected chi connectivity index (χ2v) is 4.79. The molecular weight excluding hydrogens is 240 g/mol. The molecule has 0 bridgehead atoms. The maximum atomic E-state index is 12.2. The molecule has 100 valence electrons. The van der Waals surface area contributed by atoms with Crippen molar-refractivity contribution >= 4 is 18.3 Å². The van der Waals surface area contributed by atoms with Crippen molar-refractivity contribution < 1.29 is 9.53 Å². The van der Waals surface area contributed by atoms with Gasteiger partial charge in [0.05, 0.1) is 19.3 Å². The Balaban J connectivity index is 0.00000144. The van der Waals surface area contributed by atoms with Gasteiger partial charge in [-0.1, -0.05) is 6.92 Å². The molecule has 0 aliphatic carbocycles. The van der Waals surface area contributed by atoms with Crippen LogP contribution in [0.3, 0.4) is 0 Å². The molecule has 2 aliphatic heterocycles. The molecule has 1 N–H and O–H groups in total. The number of nitrogens with zero attached hydrogens (tertiary/aromatic N) is 1. The van der Waals surface area contributed by atoms with Gasteiger partial charge >= 0.3 is 0 Å². The monoisotopic (exact) mass is 262 g/mol. The van der Waals surface area contributed by atoms with E-state index in [1.165, 1.54) is 0 Å². The number of nitrogens with one attached hydrogen (secondary N) is 1. The van der Waals surface area contributed by atoms with Gasteiger partial charge in [0.15, 0.2) is 0 Å². The van der Waals surface area contributed by atoms with Crippen molar-refractivity contribution in [3.8, 4) is 0 Å². The quantitative estimate of drug-likeness (QED) is 0.827. The Kier molecular flexibility index (Phi) is 6.23. The largest absolute Gasteiger partial charge is 0.377 e. The molecule has 2 fully saturated rings. The maximum Gasteiger partial charge on any atom is 0.223 e. The van der Waals surface area contributed by atoms with E-state index in [-0.39, 0.29) is 12.4 Å². The smallest absolute Gasteiger partial charge is 0.223 e. The van der Waals surface area contributed by atoms with E-state index in [9.17, 15) is 4.79 Å². The van der Waals surface area contributed by atoms with E-state index in [4.69, 9.17) is 4.74 Å². The van der Waals surface area contributed by atoms with Crippen LogP contribution in [0.4, 0.5) is 0 Å². The van der Waals surface area contributed by atoms with Crippen LogP contribution in [0, 0.1) is 5.92 Å². The molecule has 2 aliphatic rings. The summed E-state index contributed by atoms with van der Waals surface area (Å²) < 4.78 is 5.42. The summed E-state index contributed by atoms with van der Waals surface area (Å²) in [6.45, 7) is 6.38. The van der Waals surface area contributed by atoms with Crippen LogP contribution in [0.5, 0.6) is 0 Å². The maximum absolute atomic E-state index is 12.2. The Morgan fingerprint density at radius 3 is 3.00 bits per heavy atom. The zero-order valence-corrected chi connectivity index (χ0v) is 11.3. The minimum atomic E-state index is 0. The molecule has 4 nitrogen and oxygen atoms in total.